The van der Waals surface area contributed by atoms with E-state index in [-0.39, 0.29) is 25.0 Å². The van der Waals surface area contributed by atoms with Crippen molar-refractivity contribution in [2.24, 2.45) is 0 Å². The molecule has 2 atom stereocenters. The second kappa shape index (κ2) is 31.3. The van der Waals surface area contributed by atoms with Gasteiger partial charge in [-0.05, 0) is 77.0 Å². The quantitative estimate of drug-likeness (QED) is 0.0612. The summed E-state index contributed by atoms with van der Waals surface area (Å²) in [5, 5.41) is 17.7. The third kappa shape index (κ3) is 31.2. The topological polar surface area (TPSA) is 83.8 Å². The summed E-state index contributed by atoms with van der Waals surface area (Å²) in [5.74, 6) is -1.38. The molecule has 0 radical (unpaired) electrons. The minimum Gasteiger partial charge on any atom is -0.481 e. The van der Waals surface area contributed by atoms with E-state index in [0.29, 0.717) is 0 Å². The van der Waals surface area contributed by atoms with Crippen molar-refractivity contribution in [3.63, 3.8) is 0 Å². The van der Waals surface area contributed by atoms with Crippen molar-refractivity contribution in [1.29, 1.82) is 0 Å². The molecule has 0 bridgehead atoms. The van der Waals surface area contributed by atoms with E-state index in [2.05, 4.69) is 38.2 Å². The fraction of sp³-hybridized carbons (Fsp3) is 0.833. The van der Waals surface area contributed by atoms with Gasteiger partial charge in [-0.1, -0.05) is 115 Å². The smallest absolute Gasteiger partial charge is 0.303 e. The summed E-state index contributed by atoms with van der Waals surface area (Å²) in [6.45, 7) is 4.49. The Morgan fingerprint density at radius 3 is 1.24 bits per heavy atom. The van der Waals surface area contributed by atoms with E-state index in [1.54, 1.807) is 0 Å². The van der Waals surface area contributed by atoms with Crippen LogP contribution in [0.3, 0.4) is 0 Å². The number of unbranched alkanes of at least 4 members (excludes halogenated alkanes) is 14. The molecule has 2 unspecified atom stereocenters. The van der Waals surface area contributed by atoms with Crippen LogP contribution in [0.5, 0.6) is 0 Å². The number of rotatable bonds is 32. The van der Waals surface area contributed by atoms with Crippen LogP contribution in [0, 0.1) is 0 Å². The van der Waals surface area contributed by atoms with Crippen LogP contribution < -0.4 is 0 Å². The molecule has 0 aliphatic carbocycles. The third-order valence-corrected chi connectivity index (χ3v) is 7.81. The average molecular weight is 579 g/mol. The molecule has 240 valence electrons. The number of carboxylic acid groups (broad SMARTS) is 2. The van der Waals surface area contributed by atoms with Gasteiger partial charge in [0.15, 0.2) is 0 Å². The van der Waals surface area contributed by atoms with Crippen molar-refractivity contribution in [2.45, 2.75) is 193 Å². The first-order valence-electron chi connectivity index (χ1n) is 17.4. The largest absolute Gasteiger partial charge is 0.481 e. The maximum absolute atomic E-state index is 10.7. The van der Waals surface area contributed by atoms with E-state index in [1.165, 1.54) is 51.4 Å². The van der Waals surface area contributed by atoms with Crippen LogP contribution in [-0.4, -0.2) is 34.4 Å². The van der Waals surface area contributed by atoms with Gasteiger partial charge in [-0.3, -0.25) is 9.59 Å². The Bertz CT molecular complexity index is 588. The predicted octanol–water partition coefficient (Wildman–Crippen LogP) is 11.2. The van der Waals surface area contributed by atoms with Crippen LogP contribution in [-0.2, 0) is 14.3 Å². The molecule has 0 amide bonds. The predicted molar refractivity (Wildman–Crippen MR) is 174 cm³/mol. The monoisotopic (exact) mass is 578 g/mol. The molecule has 0 aliphatic heterocycles. The molecule has 5 heteroatoms. The second-order valence-electron chi connectivity index (χ2n) is 11.9. The molecule has 0 aromatic heterocycles. The van der Waals surface area contributed by atoms with E-state index in [1.807, 2.05) is 0 Å². The highest BCUT2D eigenvalue weighted by molar-refractivity contribution is 5.66. The summed E-state index contributed by atoms with van der Waals surface area (Å²) in [6.07, 6.45) is 37.4. The minimum atomic E-state index is -0.691. The fourth-order valence-corrected chi connectivity index (χ4v) is 5.25. The van der Waals surface area contributed by atoms with Gasteiger partial charge in [0, 0.05) is 12.8 Å². The van der Waals surface area contributed by atoms with Crippen molar-refractivity contribution < 1.29 is 24.5 Å². The first-order chi connectivity index (χ1) is 20.0. The van der Waals surface area contributed by atoms with Crippen molar-refractivity contribution in [2.75, 3.05) is 0 Å². The Hall–Kier alpha value is -1.62. The van der Waals surface area contributed by atoms with E-state index in [0.717, 1.165) is 103 Å². The maximum atomic E-state index is 10.7. The molecule has 0 heterocycles. The lowest BCUT2D eigenvalue weighted by Gasteiger charge is -2.25. The molecule has 0 spiro atoms. The van der Waals surface area contributed by atoms with Crippen molar-refractivity contribution in [3.05, 3.63) is 24.3 Å². The SMILES string of the molecule is CCCCCC=CCCC(CCCCCCCC(=O)O)OC(CCC=CCCCCC)CCCCCCCC(=O)O. The molecule has 2 N–H and O–H groups in total. The van der Waals surface area contributed by atoms with Crippen LogP contribution in [0.15, 0.2) is 24.3 Å². The maximum Gasteiger partial charge on any atom is 0.303 e. The Morgan fingerprint density at radius 2 is 0.854 bits per heavy atom. The Labute approximate surface area is 253 Å². The van der Waals surface area contributed by atoms with E-state index in [9.17, 15) is 9.59 Å². The number of aliphatic carboxylic acids is 2. The molecule has 0 rings (SSSR count). The highest BCUT2D eigenvalue weighted by atomic mass is 16.5. The first kappa shape index (κ1) is 39.4. The van der Waals surface area contributed by atoms with Crippen LogP contribution in [0.25, 0.3) is 0 Å². The van der Waals surface area contributed by atoms with Gasteiger partial charge < -0.3 is 14.9 Å². The standard InChI is InChI=1S/C36H66O5/c1-3-5-7-9-11-15-21-27-33(29-23-17-13-19-25-31-35(37)38)41-34(28-22-16-12-10-8-6-4-2)30-24-18-14-20-26-32-36(39)40/h11-12,15-16,33-34H,3-10,13-14,17-32H2,1-2H3,(H,37,38)(H,39,40). The van der Waals surface area contributed by atoms with E-state index in [4.69, 9.17) is 14.9 Å². The normalized spacial score (nSPS) is 13.3. The fourth-order valence-electron chi connectivity index (χ4n) is 5.25. The first-order valence-corrected chi connectivity index (χ1v) is 17.4. The summed E-state index contributed by atoms with van der Waals surface area (Å²) in [6, 6.07) is 0. The number of ether oxygens (including phenoxy) is 1. The molecule has 0 saturated carbocycles. The molecule has 5 nitrogen and oxygen atoms in total. The average Bonchev–Trinajstić information content (AvgIpc) is 2.94. The van der Waals surface area contributed by atoms with Crippen LogP contribution in [0.1, 0.15) is 181 Å². The van der Waals surface area contributed by atoms with Crippen LogP contribution in [0.4, 0.5) is 0 Å². The zero-order valence-corrected chi connectivity index (χ0v) is 27.0. The highest BCUT2D eigenvalue weighted by Gasteiger charge is 2.16. The minimum absolute atomic E-state index is 0.281. The zero-order valence-electron chi connectivity index (χ0n) is 27.0. The lowest BCUT2D eigenvalue weighted by Crippen LogP contribution is -2.22. The van der Waals surface area contributed by atoms with Gasteiger partial charge in [-0.2, -0.15) is 0 Å². The lowest BCUT2D eigenvalue weighted by atomic mass is 10.0. The van der Waals surface area contributed by atoms with Gasteiger partial charge in [0.1, 0.15) is 0 Å². The lowest BCUT2D eigenvalue weighted by molar-refractivity contribution is -0.138. The summed E-state index contributed by atoms with van der Waals surface area (Å²) in [7, 11) is 0. The molecule has 0 aliphatic rings. The molecule has 0 fully saturated rings. The zero-order chi connectivity index (χ0) is 30.2. The van der Waals surface area contributed by atoms with Crippen molar-refractivity contribution in [1.82, 2.24) is 0 Å². The van der Waals surface area contributed by atoms with Crippen molar-refractivity contribution >= 4 is 11.9 Å². The van der Waals surface area contributed by atoms with Gasteiger partial charge in [-0.25, -0.2) is 0 Å². The number of hydrogen-bond donors (Lipinski definition) is 2. The Kier molecular flexibility index (Phi) is 30.1. The Balaban J connectivity index is 4.84. The molecule has 0 aromatic carbocycles. The Morgan fingerprint density at radius 1 is 0.488 bits per heavy atom. The number of hydrogen-bond acceptors (Lipinski definition) is 3. The summed E-state index contributed by atoms with van der Waals surface area (Å²) in [5.41, 5.74) is 0. The third-order valence-electron chi connectivity index (χ3n) is 7.81. The molecular weight excluding hydrogens is 512 g/mol. The molecule has 41 heavy (non-hydrogen) atoms. The highest BCUT2D eigenvalue weighted by Crippen LogP contribution is 2.22. The molecular formula is C36H66O5. The number of carboxylic acids is 2. The number of allylic oxidation sites excluding steroid dienone is 4. The van der Waals surface area contributed by atoms with Crippen molar-refractivity contribution in [3.8, 4) is 0 Å². The van der Waals surface area contributed by atoms with Crippen LogP contribution >= 0.6 is 0 Å². The second-order valence-corrected chi connectivity index (χ2v) is 11.9. The van der Waals surface area contributed by atoms with Gasteiger partial charge in [0.2, 0.25) is 0 Å². The van der Waals surface area contributed by atoms with Gasteiger partial charge >= 0.3 is 11.9 Å². The van der Waals surface area contributed by atoms with Gasteiger partial charge in [0.25, 0.3) is 0 Å². The summed E-state index contributed by atoms with van der Waals surface area (Å²) >= 11 is 0. The number of carbonyl (C=O) groups is 2. The summed E-state index contributed by atoms with van der Waals surface area (Å²) < 4.78 is 6.84. The molecule has 0 aromatic rings. The van der Waals surface area contributed by atoms with Crippen LogP contribution in [0.2, 0.25) is 0 Å². The van der Waals surface area contributed by atoms with Gasteiger partial charge in [-0.15, -0.1) is 0 Å². The van der Waals surface area contributed by atoms with Gasteiger partial charge in [0.05, 0.1) is 12.2 Å². The molecule has 0 saturated heterocycles. The van der Waals surface area contributed by atoms with E-state index >= 15 is 0 Å². The van der Waals surface area contributed by atoms with E-state index < -0.39 is 11.9 Å². The summed E-state index contributed by atoms with van der Waals surface area (Å²) in [4.78, 5) is 21.5.